The summed E-state index contributed by atoms with van der Waals surface area (Å²) in [5.74, 6) is 1.50. The average molecular weight is 224 g/mol. The summed E-state index contributed by atoms with van der Waals surface area (Å²) in [7, 11) is 0. The van der Waals surface area contributed by atoms with E-state index in [0.29, 0.717) is 12.0 Å². The maximum atomic E-state index is 4.71. The highest BCUT2D eigenvalue weighted by Crippen LogP contribution is 2.41. The first kappa shape index (κ1) is 11.1. The van der Waals surface area contributed by atoms with Crippen molar-refractivity contribution in [3.8, 4) is 0 Å². The lowest BCUT2D eigenvalue weighted by molar-refractivity contribution is 0.490. The van der Waals surface area contributed by atoms with E-state index < -0.39 is 0 Å². The van der Waals surface area contributed by atoms with Crippen molar-refractivity contribution in [1.29, 1.82) is 0 Å². The van der Waals surface area contributed by atoms with Gasteiger partial charge in [-0.25, -0.2) is 4.98 Å². The molecule has 0 aromatic carbocycles. The van der Waals surface area contributed by atoms with Gasteiger partial charge in [-0.1, -0.05) is 13.8 Å². The summed E-state index contributed by atoms with van der Waals surface area (Å²) in [4.78, 5) is 4.71. The maximum Gasteiger partial charge on any atom is 0.0959 e. The fourth-order valence-corrected chi connectivity index (χ4v) is 2.62. The maximum absolute atomic E-state index is 4.71. The van der Waals surface area contributed by atoms with Crippen LogP contribution in [0.5, 0.6) is 0 Å². The normalized spacial score (nSPS) is 18.4. The molecular formula is C12H20N2S. The minimum Gasteiger partial charge on any atom is -0.309 e. The number of hydrogen-bond acceptors (Lipinski definition) is 3. The van der Waals surface area contributed by atoms with E-state index in [9.17, 15) is 0 Å². The molecule has 84 valence electrons. The molecule has 0 saturated heterocycles. The first-order valence-corrected chi connectivity index (χ1v) is 6.73. The van der Waals surface area contributed by atoms with E-state index in [2.05, 4.69) is 31.5 Å². The lowest BCUT2D eigenvalue weighted by Gasteiger charge is -2.13. The molecule has 15 heavy (non-hydrogen) atoms. The molecule has 1 heterocycles. The molecule has 1 aromatic rings. The second kappa shape index (κ2) is 4.62. The highest BCUT2D eigenvalue weighted by atomic mass is 32.1. The van der Waals surface area contributed by atoms with E-state index >= 15 is 0 Å². The van der Waals surface area contributed by atoms with Crippen molar-refractivity contribution in [2.75, 3.05) is 6.54 Å². The van der Waals surface area contributed by atoms with Crippen LogP contribution in [0.2, 0.25) is 0 Å². The Hall–Kier alpha value is -0.410. The van der Waals surface area contributed by atoms with Crippen molar-refractivity contribution in [3.05, 3.63) is 16.1 Å². The Kier molecular flexibility index (Phi) is 3.42. The third-order valence-electron chi connectivity index (χ3n) is 2.74. The van der Waals surface area contributed by atoms with Crippen LogP contribution in [0, 0.1) is 5.92 Å². The topological polar surface area (TPSA) is 24.9 Å². The van der Waals surface area contributed by atoms with Crippen molar-refractivity contribution >= 4 is 11.3 Å². The van der Waals surface area contributed by atoms with Gasteiger partial charge in [0.2, 0.25) is 0 Å². The van der Waals surface area contributed by atoms with Crippen molar-refractivity contribution in [3.63, 3.8) is 0 Å². The number of thiazole rings is 1. The summed E-state index contributed by atoms with van der Waals surface area (Å²) in [6.07, 6.45) is 2.70. The smallest absolute Gasteiger partial charge is 0.0959 e. The summed E-state index contributed by atoms with van der Waals surface area (Å²) < 4.78 is 0. The fourth-order valence-electron chi connectivity index (χ4n) is 1.53. The van der Waals surface area contributed by atoms with E-state index in [1.807, 2.05) is 11.3 Å². The van der Waals surface area contributed by atoms with Gasteiger partial charge in [0.1, 0.15) is 0 Å². The molecule has 3 heteroatoms. The number of rotatable bonds is 5. The van der Waals surface area contributed by atoms with Gasteiger partial charge >= 0.3 is 0 Å². The summed E-state index contributed by atoms with van der Waals surface area (Å²) in [5, 5.41) is 7.08. The van der Waals surface area contributed by atoms with E-state index in [1.165, 1.54) is 23.5 Å². The van der Waals surface area contributed by atoms with Gasteiger partial charge in [-0.2, -0.15) is 0 Å². The van der Waals surface area contributed by atoms with Gasteiger partial charge in [-0.05, 0) is 32.2 Å². The van der Waals surface area contributed by atoms with Gasteiger partial charge < -0.3 is 5.32 Å². The van der Waals surface area contributed by atoms with Crippen molar-refractivity contribution in [2.24, 2.45) is 5.92 Å². The summed E-state index contributed by atoms with van der Waals surface area (Å²) in [5.41, 5.74) is 1.22. The van der Waals surface area contributed by atoms with Crippen LogP contribution in [0.25, 0.3) is 0 Å². The quantitative estimate of drug-likeness (QED) is 0.830. The molecule has 2 nitrogen and oxygen atoms in total. The fraction of sp³-hybridized carbons (Fsp3) is 0.750. The van der Waals surface area contributed by atoms with E-state index in [1.54, 1.807) is 0 Å². The predicted octanol–water partition coefficient (Wildman–Crippen LogP) is 3.33. The summed E-state index contributed by atoms with van der Waals surface area (Å²) in [6.45, 7) is 7.73. The lowest BCUT2D eigenvalue weighted by atomic mass is 10.2. The van der Waals surface area contributed by atoms with Crippen LogP contribution in [0.1, 0.15) is 56.3 Å². The zero-order valence-corrected chi connectivity index (χ0v) is 10.6. The van der Waals surface area contributed by atoms with Gasteiger partial charge in [0, 0.05) is 17.3 Å². The van der Waals surface area contributed by atoms with Crippen LogP contribution in [0.3, 0.4) is 0 Å². The van der Waals surface area contributed by atoms with Crippen LogP contribution in [0.15, 0.2) is 5.38 Å². The summed E-state index contributed by atoms with van der Waals surface area (Å²) in [6, 6.07) is 0.399. The largest absolute Gasteiger partial charge is 0.309 e. The van der Waals surface area contributed by atoms with Crippen molar-refractivity contribution in [2.45, 2.75) is 45.6 Å². The van der Waals surface area contributed by atoms with Crippen LogP contribution in [-0.2, 0) is 0 Å². The van der Waals surface area contributed by atoms with Gasteiger partial charge in [-0.15, -0.1) is 11.3 Å². The first-order chi connectivity index (χ1) is 7.16. The minimum atomic E-state index is 0.399. The molecular weight excluding hydrogens is 204 g/mol. The molecule has 0 aliphatic heterocycles. The molecule has 0 spiro atoms. The predicted molar refractivity (Wildman–Crippen MR) is 65.3 cm³/mol. The molecule has 1 saturated carbocycles. The van der Waals surface area contributed by atoms with Crippen LogP contribution in [-0.4, -0.2) is 11.5 Å². The molecule has 1 atom stereocenters. The Morgan fingerprint density at radius 2 is 2.20 bits per heavy atom. The third kappa shape index (κ3) is 3.02. The van der Waals surface area contributed by atoms with Crippen molar-refractivity contribution < 1.29 is 0 Å². The number of nitrogens with zero attached hydrogens (tertiary/aromatic N) is 1. The Morgan fingerprint density at radius 3 is 2.80 bits per heavy atom. The highest BCUT2D eigenvalue weighted by molar-refractivity contribution is 7.09. The van der Waals surface area contributed by atoms with E-state index in [4.69, 9.17) is 4.98 Å². The van der Waals surface area contributed by atoms with Gasteiger partial charge in [-0.3, -0.25) is 0 Å². The third-order valence-corrected chi connectivity index (χ3v) is 3.77. The van der Waals surface area contributed by atoms with Crippen molar-refractivity contribution in [1.82, 2.24) is 10.3 Å². The van der Waals surface area contributed by atoms with Gasteiger partial charge in [0.15, 0.2) is 0 Å². The molecule has 1 aromatic heterocycles. The number of nitrogens with one attached hydrogen (secondary N) is 1. The van der Waals surface area contributed by atoms with Crippen LogP contribution < -0.4 is 5.32 Å². The molecule has 1 aliphatic carbocycles. The van der Waals surface area contributed by atoms with Gasteiger partial charge in [0.05, 0.1) is 10.7 Å². The Balaban J connectivity index is 1.89. The number of aromatic nitrogens is 1. The lowest BCUT2D eigenvalue weighted by Crippen LogP contribution is -2.23. The monoisotopic (exact) mass is 224 g/mol. The van der Waals surface area contributed by atoms with E-state index in [0.717, 1.165) is 12.5 Å². The molecule has 1 fully saturated rings. The second-order valence-corrected chi connectivity index (χ2v) is 5.80. The second-order valence-electron chi connectivity index (χ2n) is 4.91. The van der Waals surface area contributed by atoms with Gasteiger partial charge in [0.25, 0.3) is 0 Å². The highest BCUT2D eigenvalue weighted by Gasteiger charge is 2.27. The summed E-state index contributed by atoms with van der Waals surface area (Å²) >= 11 is 1.83. The van der Waals surface area contributed by atoms with Crippen LogP contribution >= 0.6 is 11.3 Å². The SMILES string of the molecule is CC(C)CNC(C)c1csc(C2CC2)n1. The number of hydrogen-bond donors (Lipinski definition) is 1. The minimum absolute atomic E-state index is 0.399. The molecule has 0 amide bonds. The standard InChI is InChI=1S/C12H20N2S/c1-8(2)6-13-9(3)11-7-15-12(14-11)10-4-5-10/h7-10,13H,4-6H2,1-3H3. The molecule has 1 aliphatic rings. The van der Waals surface area contributed by atoms with Crippen LogP contribution in [0.4, 0.5) is 0 Å². The molecule has 1 N–H and O–H groups in total. The average Bonchev–Trinajstić information content (AvgIpc) is 2.93. The zero-order chi connectivity index (χ0) is 10.8. The van der Waals surface area contributed by atoms with E-state index in [-0.39, 0.29) is 0 Å². The molecule has 0 radical (unpaired) electrons. The molecule has 1 unspecified atom stereocenters. The Morgan fingerprint density at radius 1 is 1.47 bits per heavy atom. The first-order valence-electron chi connectivity index (χ1n) is 5.85. The molecule has 0 bridgehead atoms. The Bertz CT molecular complexity index is 315. The Labute approximate surface area is 96.1 Å². The molecule has 2 rings (SSSR count). The zero-order valence-electron chi connectivity index (χ0n) is 9.79.